The van der Waals surface area contributed by atoms with Crippen LogP contribution in [0, 0.1) is 0 Å². The number of aromatic nitrogens is 1. The predicted molar refractivity (Wildman–Crippen MR) is 90.9 cm³/mol. The third-order valence-corrected chi connectivity index (χ3v) is 5.52. The number of rotatable bonds is 5. The van der Waals surface area contributed by atoms with Gasteiger partial charge in [0.25, 0.3) is 0 Å². The van der Waals surface area contributed by atoms with E-state index in [2.05, 4.69) is 15.2 Å². The lowest BCUT2D eigenvalue weighted by atomic mass is 10.2. The highest BCUT2D eigenvalue weighted by Gasteiger charge is 2.32. The number of thiazole rings is 1. The van der Waals surface area contributed by atoms with Crippen molar-refractivity contribution in [2.45, 2.75) is 31.4 Å². The van der Waals surface area contributed by atoms with Crippen LogP contribution in [0.15, 0.2) is 28.2 Å². The Labute approximate surface area is 144 Å². The number of hydrogen-bond donors (Lipinski definition) is 1. The second-order valence-corrected chi connectivity index (χ2v) is 7.21. The van der Waals surface area contributed by atoms with Gasteiger partial charge in [-0.05, 0) is 31.5 Å². The Bertz CT molecular complexity index is 685. The molecular weight excluding hydrogens is 326 g/mol. The lowest BCUT2D eigenvalue weighted by Crippen LogP contribution is -2.50. The van der Waals surface area contributed by atoms with Crippen LogP contribution in [0.5, 0.6) is 0 Å². The first-order valence-corrected chi connectivity index (χ1v) is 9.26. The van der Waals surface area contributed by atoms with E-state index in [0.29, 0.717) is 12.6 Å². The first-order chi connectivity index (χ1) is 11.8. The van der Waals surface area contributed by atoms with Crippen molar-refractivity contribution in [3.63, 3.8) is 0 Å². The van der Waals surface area contributed by atoms with Gasteiger partial charge in [-0.15, -0.1) is 11.3 Å². The Hall–Kier alpha value is -1.70. The van der Waals surface area contributed by atoms with Gasteiger partial charge >= 0.3 is 0 Å². The van der Waals surface area contributed by atoms with Gasteiger partial charge in [-0.1, -0.05) is 0 Å². The molecule has 4 rings (SSSR count). The second-order valence-electron chi connectivity index (χ2n) is 6.35. The first-order valence-electron chi connectivity index (χ1n) is 8.38. The Kier molecular flexibility index (Phi) is 4.64. The minimum atomic E-state index is -0.0153. The SMILES string of the molecule is O=C(Cc1csc(-c2ccco2)n1)NC[C@H]1CN2CCC[C@@H]2CO1. The lowest BCUT2D eigenvalue weighted by Gasteiger charge is -2.35. The number of fused-ring (bicyclic) bond motifs is 1. The molecule has 0 radical (unpaired) electrons. The number of amides is 1. The Balaban J connectivity index is 1.25. The summed E-state index contributed by atoms with van der Waals surface area (Å²) >= 11 is 1.49. The van der Waals surface area contributed by atoms with Crippen LogP contribution in [0.2, 0.25) is 0 Å². The van der Waals surface area contributed by atoms with Crippen molar-refractivity contribution in [2.75, 3.05) is 26.2 Å². The van der Waals surface area contributed by atoms with Gasteiger partial charge < -0.3 is 14.5 Å². The summed E-state index contributed by atoms with van der Waals surface area (Å²) in [7, 11) is 0. The third kappa shape index (κ3) is 3.53. The molecule has 128 valence electrons. The highest BCUT2D eigenvalue weighted by atomic mass is 32.1. The molecule has 1 amide bonds. The zero-order valence-corrected chi connectivity index (χ0v) is 14.3. The van der Waals surface area contributed by atoms with Gasteiger partial charge in [-0.25, -0.2) is 4.98 Å². The second kappa shape index (κ2) is 7.04. The summed E-state index contributed by atoms with van der Waals surface area (Å²) in [5.74, 6) is 0.723. The fourth-order valence-electron chi connectivity index (χ4n) is 3.37. The highest BCUT2D eigenvalue weighted by molar-refractivity contribution is 7.13. The molecule has 4 heterocycles. The normalized spacial score (nSPS) is 24.0. The number of furan rings is 1. The van der Waals surface area contributed by atoms with Crippen LogP contribution in [0.1, 0.15) is 18.5 Å². The van der Waals surface area contributed by atoms with Crippen LogP contribution in [0.25, 0.3) is 10.8 Å². The Morgan fingerprint density at radius 3 is 3.33 bits per heavy atom. The van der Waals surface area contributed by atoms with E-state index in [1.54, 1.807) is 6.26 Å². The van der Waals surface area contributed by atoms with E-state index in [4.69, 9.17) is 9.15 Å². The highest BCUT2D eigenvalue weighted by Crippen LogP contribution is 2.24. The van der Waals surface area contributed by atoms with Gasteiger partial charge in [0.05, 0.1) is 31.1 Å². The monoisotopic (exact) mass is 347 g/mol. The summed E-state index contributed by atoms with van der Waals surface area (Å²) in [6.45, 7) is 3.44. The summed E-state index contributed by atoms with van der Waals surface area (Å²) in [6.07, 6.45) is 4.50. The minimum absolute atomic E-state index is 0.0153. The molecule has 2 aliphatic heterocycles. The zero-order chi connectivity index (χ0) is 16.4. The van der Waals surface area contributed by atoms with Crippen molar-refractivity contribution in [2.24, 2.45) is 0 Å². The van der Waals surface area contributed by atoms with E-state index < -0.39 is 0 Å². The zero-order valence-electron chi connectivity index (χ0n) is 13.4. The number of ether oxygens (including phenoxy) is 1. The fourth-order valence-corrected chi connectivity index (χ4v) is 4.15. The summed E-state index contributed by atoms with van der Waals surface area (Å²) < 4.78 is 11.2. The van der Waals surface area contributed by atoms with Crippen molar-refractivity contribution in [3.05, 3.63) is 29.5 Å². The molecule has 7 heteroatoms. The van der Waals surface area contributed by atoms with E-state index in [1.165, 1.54) is 24.2 Å². The number of nitrogens with zero attached hydrogens (tertiary/aromatic N) is 2. The van der Waals surface area contributed by atoms with E-state index >= 15 is 0 Å². The maximum atomic E-state index is 12.1. The minimum Gasteiger partial charge on any atom is -0.462 e. The molecule has 2 atom stereocenters. The molecule has 2 saturated heterocycles. The Morgan fingerprint density at radius 1 is 1.50 bits per heavy atom. The van der Waals surface area contributed by atoms with Crippen LogP contribution in [-0.2, 0) is 16.0 Å². The number of carbonyl (C=O) groups excluding carboxylic acids is 1. The van der Waals surface area contributed by atoms with E-state index in [9.17, 15) is 4.79 Å². The summed E-state index contributed by atoms with van der Waals surface area (Å²) in [5.41, 5.74) is 0.771. The average molecular weight is 347 g/mol. The van der Waals surface area contributed by atoms with Gasteiger partial charge in [0.15, 0.2) is 10.8 Å². The molecule has 0 spiro atoms. The molecule has 2 aromatic rings. The van der Waals surface area contributed by atoms with Crippen LogP contribution < -0.4 is 5.32 Å². The number of nitrogens with one attached hydrogen (secondary N) is 1. The van der Waals surface area contributed by atoms with Crippen LogP contribution >= 0.6 is 11.3 Å². The maximum absolute atomic E-state index is 12.1. The summed E-state index contributed by atoms with van der Waals surface area (Å²) in [5, 5.41) is 5.69. The van der Waals surface area contributed by atoms with Crippen LogP contribution in [0.4, 0.5) is 0 Å². The largest absolute Gasteiger partial charge is 0.462 e. The van der Waals surface area contributed by atoms with Gasteiger partial charge in [-0.2, -0.15) is 0 Å². The predicted octanol–water partition coefficient (Wildman–Crippen LogP) is 1.92. The van der Waals surface area contributed by atoms with Gasteiger partial charge in [0.2, 0.25) is 5.91 Å². The maximum Gasteiger partial charge on any atom is 0.226 e. The van der Waals surface area contributed by atoms with Gasteiger partial charge in [0.1, 0.15) is 0 Å². The van der Waals surface area contributed by atoms with Crippen molar-refractivity contribution >= 4 is 17.2 Å². The molecule has 24 heavy (non-hydrogen) atoms. The summed E-state index contributed by atoms with van der Waals surface area (Å²) in [6, 6.07) is 4.29. The lowest BCUT2D eigenvalue weighted by molar-refractivity contribution is -0.122. The molecule has 6 nitrogen and oxygen atoms in total. The standard InChI is InChI=1S/C17H21N3O3S/c21-16(7-12-11-24-17(19-12)15-4-2-6-22-15)18-8-14-9-20-5-1-3-13(20)10-23-14/h2,4,6,11,13-14H,1,3,5,7-10H2,(H,18,21)/t13-,14+/m1/s1. The fraction of sp³-hybridized carbons (Fsp3) is 0.529. The van der Waals surface area contributed by atoms with E-state index in [1.807, 2.05) is 17.5 Å². The van der Waals surface area contributed by atoms with E-state index in [0.717, 1.165) is 36.2 Å². The molecule has 2 aliphatic rings. The van der Waals surface area contributed by atoms with Crippen molar-refractivity contribution in [1.82, 2.24) is 15.2 Å². The van der Waals surface area contributed by atoms with Crippen molar-refractivity contribution < 1.29 is 13.9 Å². The van der Waals surface area contributed by atoms with Gasteiger partial charge in [-0.3, -0.25) is 9.69 Å². The first kappa shape index (κ1) is 15.8. The van der Waals surface area contributed by atoms with Crippen molar-refractivity contribution in [1.29, 1.82) is 0 Å². The third-order valence-electron chi connectivity index (χ3n) is 4.61. The van der Waals surface area contributed by atoms with Crippen LogP contribution in [-0.4, -0.2) is 54.2 Å². The molecule has 0 saturated carbocycles. The van der Waals surface area contributed by atoms with Crippen molar-refractivity contribution in [3.8, 4) is 10.8 Å². The number of hydrogen-bond acceptors (Lipinski definition) is 6. The van der Waals surface area contributed by atoms with Crippen LogP contribution in [0.3, 0.4) is 0 Å². The smallest absolute Gasteiger partial charge is 0.226 e. The van der Waals surface area contributed by atoms with Gasteiger partial charge in [0, 0.05) is 24.5 Å². The number of carbonyl (C=O) groups is 1. The number of morpholine rings is 1. The van der Waals surface area contributed by atoms with E-state index in [-0.39, 0.29) is 18.4 Å². The summed E-state index contributed by atoms with van der Waals surface area (Å²) in [4.78, 5) is 19.1. The molecule has 2 fully saturated rings. The topological polar surface area (TPSA) is 67.6 Å². The molecule has 0 unspecified atom stereocenters. The molecule has 2 aromatic heterocycles. The molecule has 1 N–H and O–H groups in total. The average Bonchev–Trinajstić information content (AvgIpc) is 3.32. The molecule has 0 bridgehead atoms. The molecule has 0 aliphatic carbocycles. The Morgan fingerprint density at radius 2 is 2.46 bits per heavy atom. The molecular formula is C17H21N3O3S. The quantitative estimate of drug-likeness (QED) is 0.895. The molecule has 0 aromatic carbocycles.